The summed E-state index contributed by atoms with van der Waals surface area (Å²) in [6.45, 7) is 3.39. The third-order valence-electron chi connectivity index (χ3n) is 3.58. The van der Waals surface area contributed by atoms with E-state index in [9.17, 15) is 13.2 Å². The third kappa shape index (κ3) is 4.21. The summed E-state index contributed by atoms with van der Waals surface area (Å²) < 4.78 is 36.9. The van der Waals surface area contributed by atoms with E-state index in [1.54, 1.807) is 0 Å². The van der Waals surface area contributed by atoms with Gasteiger partial charge in [-0.05, 0) is 12.5 Å². The van der Waals surface area contributed by atoms with Crippen molar-refractivity contribution < 1.29 is 13.2 Å². The van der Waals surface area contributed by atoms with Crippen molar-refractivity contribution in [1.82, 2.24) is 10.2 Å². The molecule has 1 heterocycles. The number of halogens is 3. The van der Waals surface area contributed by atoms with Crippen LogP contribution in [0.5, 0.6) is 0 Å². The van der Waals surface area contributed by atoms with Crippen LogP contribution in [0.4, 0.5) is 13.2 Å². The molecule has 1 aromatic rings. The zero-order valence-corrected chi connectivity index (χ0v) is 11.0. The second-order valence-electron chi connectivity index (χ2n) is 5.08. The van der Waals surface area contributed by atoms with Gasteiger partial charge in [0.1, 0.15) is 0 Å². The van der Waals surface area contributed by atoms with Gasteiger partial charge in [-0.2, -0.15) is 13.2 Å². The van der Waals surface area contributed by atoms with Crippen molar-refractivity contribution in [3.63, 3.8) is 0 Å². The summed E-state index contributed by atoms with van der Waals surface area (Å²) in [4.78, 5) is 1.92. The summed E-state index contributed by atoms with van der Waals surface area (Å²) in [5, 5.41) is 3.39. The molecule has 0 saturated carbocycles. The van der Waals surface area contributed by atoms with Gasteiger partial charge in [-0.15, -0.1) is 0 Å². The van der Waals surface area contributed by atoms with Crippen LogP contribution < -0.4 is 5.32 Å². The van der Waals surface area contributed by atoms with Crippen LogP contribution in [0.2, 0.25) is 0 Å². The van der Waals surface area contributed by atoms with Crippen molar-refractivity contribution in [2.24, 2.45) is 0 Å². The zero-order chi connectivity index (χ0) is 13.9. The minimum absolute atomic E-state index is 0.0790. The van der Waals surface area contributed by atoms with Crippen LogP contribution in [0.15, 0.2) is 30.3 Å². The van der Waals surface area contributed by atoms with Crippen LogP contribution in [0, 0.1) is 0 Å². The molecule has 106 valence electrons. The summed E-state index contributed by atoms with van der Waals surface area (Å²) >= 11 is 0. The van der Waals surface area contributed by atoms with Crippen molar-refractivity contribution in [2.75, 3.05) is 19.6 Å². The molecule has 2 nitrogen and oxygen atoms in total. The van der Waals surface area contributed by atoms with E-state index in [1.807, 2.05) is 42.2 Å². The molecule has 1 aliphatic rings. The molecule has 0 aliphatic carbocycles. The highest BCUT2D eigenvalue weighted by atomic mass is 19.4. The van der Waals surface area contributed by atoms with Gasteiger partial charge in [0, 0.05) is 31.7 Å². The van der Waals surface area contributed by atoms with Gasteiger partial charge in [0.15, 0.2) is 0 Å². The molecule has 2 atom stereocenters. The lowest BCUT2D eigenvalue weighted by molar-refractivity contribution is -0.139. The Labute approximate surface area is 111 Å². The number of hydrogen-bond donors (Lipinski definition) is 1. The Balaban J connectivity index is 1.96. The van der Waals surface area contributed by atoms with E-state index in [2.05, 4.69) is 5.32 Å². The molecular formula is C14H19F3N2. The molecule has 0 spiro atoms. The van der Waals surface area contributed by atoms with Crippen LogP contribution in [0.25, 0.3) is 0 Å². The van der Waals surface area contributed by atoms with Gasteiger partial charge >= 0.3 is 6.18 Å². The molecule has 0 radical (unpaired) electrons. The Hall–Kier alpha value is -1.07. The normalized spacial score (nSPS) is 25.5. The Morgan fingerprint density at radius 1 is 1.26 bits per heavy atom. The maximum Gasteiger partial charge on any atom is 0.390 e. The standard InChI is InChI=1S/C14H19F3N2/c1-11-9-18-13(12-5-3-2-4-6-12)10-19(11)8-7-14(15,16)17/h2-6,11,13,18H,7-10H2,1H3. The van der Waals surface area contributed by atoms with Crippen LogP contribution in [-0.4, -0.2) is 36.8 Å². The average molecular weight is 272 g/mol. The van der Waals surface area contributed by atoms with Crippen molar-refractivity contribution in [3.8, 4) is 0 Å². The highest BCUT2D eigenvalue weighted by Gasteiger charge is 2.31. The highest BCUT2D eigenvalue weighted by Crippen LogP contribution is 2.24. The van der Waals surface area contributed by atoms with Gasteiger partial charge in [-0.3, -0.25) is 4.90 Å². The average Bonchev–Trinajstić information content (AvgIpc) is 2.38. The van der Waals surface area contributed by atoms with E-state index in [1.165, 1.54) is 0 Å². The van der Waals surface area contributed by atoms with E-state index < -0.39 is 12.6 Å². The molecule has 0 aromatic heterocycles. The van der Waals surface area contributed by atoms with Gasteiger partial charge in [-0.1, -0.05) is 30.3 Å². The maximum atomic E-state index is 12.3. The van der Waals surface area contributed by atoms with Gasteiger partial charge in [0.05, 0.1) is 6.42 Å². The number of rotatable bonds is 3. The summed E-state index contributed by atoms with van der Waals surface area (Å²) in [5.74, 6) is 0. The van der Waals surface area contributed by atoms with Crippen LogP contribution in [0.1, 0.15) is 24.9 Å². The molecule has 1 N–H and O–H groups in total. The minimum Gasteiger partial charge on any atom is -0.307 e. The fraction of sp³-hybridized carbons (Fsp3) is 0.571. The van der Waals surface area contributed by atoms with Crippen molar-refractivity contribution in [2.45, 2.75) is 31.6 Å². The minimum atomic E-state index is -4.08. The Bertz CT molecular complexity index is 391. The number of benzene rings is 1. The maximum absolute atomic E-state index is 12.3. The molecule has 1 fully saturated rings. The largest absolute Gasteiger partial charge is 0.390 e. The molecule has 19 heavy (non-hydrogen) atoms. The first-order valence-electron chi connectivity index (χ1n) is 6.55. The Morgan fingerprint density at radius 2 is 1.95 bits per heavy atom. The summed E-state index contributed by atoms with van der Waals surface area (Å²) in [5.41, 5.74) is 1.13. The number of piperazine rings is 1. The third-order valence-corrected chi connectivity index (χ3v) is 3.58. The number of alkyl halides is 3. The van der Waals surface area contributed by atoms with Gasteiger partial charge in [0.2, 0.25) is 0 Å². The van der Waals surface area contributed by atoms with Crippen LogP contribution >= 0.6 is 0 Å². The van der Waals surface area contributed by atoms with Gasteiger partial charge in [0.25, 0.3) is 0 Å². The molecule has 1 saturated heterocycles. The molecule has 2 rings (SSSR count). The predicted molar refractivity (Wildman–Crippen MR) is 68.9 cm³/mol. The number of nitrogens with one attached hydrogen (secondary N) is 1. The summed E-state index contributed by atoms with van der Waals surface area (Å²) in [6.07, 6.45) is -4.81. The lowest BCUT2D eigenvalue weighted by Crippen LogP contribution is -2.52. The fourth-order valence-corrected chi connectivity index (χ4v) is 2.41. The summed E-state index contributed by atoms with van der Waals surface area (Å²) in [7, 11) is 0. The first kappa shape index (κ1) is 14.3. The van der Waals surface area contributed by atoms with Gasteiger partial charge < -0.3 is 5.32 Å². The van der Waals surface area contributed by atoms with E-state index >= 15 is 0 Å². The topological polar surface area (TPSA) is 15.3 Å². The summed E-state index contributed by atoms with van der Waals surface area (Å²) in [6, 6.07) is 10.1. The van der Waals surface area contributed by atoms with Crippen LogP contribution in [0.3, 0.4) is 0 Å². The van der Waals surface area contributed by atoms with Crippen molar-refractivity contribution in [3.05, 3.63) is 35.9 Å². The SMILES string of the molecule is CC1CNC(c2ccccc2)CN1CCC(F)(F)F. The molecule has 2 unspecified atom stereocenters. The lowest BCUT2D eigenvalue weighted by Gasteiger charge is -2.39. The van der Waals surface area contributed by atoms with Crippen molar-refractivity contribution >= 4 is 0 Å². The smallest absolute Gasteiger partial charge is 0.307 e. The molecule has 1 aromatic carbocycles. The lowest BCUT2D eigenvalue weighted by atomic mass is 10.0. The van der Waals surface area contributed by atoms with E-state index in [0.717, 1.165) is 12.1 Å². The first-order valence-corrected chi connectivity index (χ1v) is 6.55. The van der Waals surface area contributed by atoms with Crippen molar-refractivity contribution in [1.29, 1.82) is 0 Å². The fourth-order valence-electron chi connectivity index (χ4n) is 2.41. The first-order chi connectivity index (χ1) is 8.96. The molecule has 1 aliphatic heterocycles. The quantitative estimate of drug-likeness (QED) is 0.910. The molecule has 0 amide bonds. The zero-order valence-electron chi connectivity index (χ0n) is 11.0. The second kappa shape index (κ2) is 5.92. The van der Waals surface area contributed by atoms with Gasteiger partial charge in [-0.25, -0.2) is 0 Å². The highest BCUT2D eigenvalue weighted by molar-refractivity contribution is 5.20. The van der Waals surface area contributed by atoms with E-state index in [-0.39, 0.29) is 18.6 Å². The molecule has 0 bridgehead atoms. The Kier molecular flexibility index (Phi) is 4.47. The van der Waals surface area contributed by atoms with E-state index in [0.29, 0.717) is 6.54 Å². The van der Waals surface area contributed by atoms with Crippen LogP contribution in [-0.2, 0) is 0 Å². The monoisotopic (exact) mass is 272 g/mol. The second-order valence-corrected chi connectivity index (χ2v) is 5.08. The number of nitrogens with zero attached hydrogens (tertiary/aromatic N) is 1. The molecule has 5 heteroatoms. The van der Waals surface area contributed by atoms with E-state index in [4.69, 9.17) is 0 Å². The number of hydrogen-bond acceptors (Lipinski definition) is 2. The molecular weight excluding hydrogens is 253 g/mol. The predicted octanol–water partition coefficient (Wildman–Crippen LogP) is 2.97. The Morgan fingerprint density at radius 3 is 2.58 bits per heavy atom.